The molecule has 6 heteroatoms. The topological polar surface area (TPSA) is 91.2 Å². The van der Waals surface area contributed by atoms with E-state index in [1.54, 1.807) is 40.7 Å². The lowest BCUT2D eigenvalue weighted by molar-refractivity contribution is -0.120. The molecule has 2 N–H and O–H groups in total. The third-order valence-electron chi connectivity index (χ3n) is 2.12. The molecule has 0 fully saturated rings. The van der Waals surface area contributed by atoms with Gasteiger partial charge in [-0.1, -0.05) is 0 Å². The van der Waals surface area contributed by atoms with E-state index in [0.29, 0.717) is 0 Å². The number of ether oxygens (including phenoxy) is 1. The van der Waals surface area contributed by atoms with Crippen molar-refractivity contribution in [3.63, 3.8) is 0 Å². The van der Waals surface area contributed by atoms with Gasteiger partial charge in [0, 0.05) is 12.1 Å². The van der Waals surface area contributed by atoms with Crippen molar-refractivity contribution in [1.82, 2.24) is 10.6 Å². The molecular weight excluding hydrogens is 234 g/mol. The van der Waals surface area contributed by atoms with Crippen molar-refractivity contribution in [1.29, 1.82) is 5.26 Å². The number of hydrogen-bond acceptors (Lipinski definition) is 4. The minimum atomic E-state index is -0.558. The lowest BCUT2D eigenvalue weighted by atomic mass is 10.1. The molecule has 0 aliphatic rings. The van der Waals surface area contributed by atoms with Crippen LogP contribution in [-0.2, 0) is 9.53 Å². The van der Waals surface area contributed by atoms with Gasteiger partial charge in [-0.25, -0.2) is 4.79 Å². The highest BCUT2D eigenvalue weighted by molar-refractivity contribution is 5.78. The minimum Gasteiger partial charge on any atom is -0.444 e. The molecule has 0 spiro atoms. The number of rotatable bonds is 4. The molecule has 0 aliphatic heterocycles. The van der Waals surface area contributed by atoms with E-state index in [2.05, 4.69) is 10.6 Å². The molecule has 0 aromatic heterocycles. The van der Waals surface area contributed by atoms with Gasteiger partial charge >= 0.3 is 6.09 Å². The van der Waals surface area contributed by atoms with Crippen molar-refractivity contribution < 1.29 is 14.3 Å². The van der Waals surface area contributed by atoms with Crippen molar-refractivity contribution in [2.75, 3.05) is 0 Å². The molecule has 0 heterocycles. The van der Waals surface area contributed by atoms with Crippen LogP contribution in [0.4, 0.5) is 4.79 Å². The zero-order valence-electron chi connectivity index (χ0n) is 11.5. The number of carbonyl (C=O) groups is 2. The number of alkyl carbamates (subject to hydrolysis) is 1. The summed E-state index contributed by atoms with van der Waals surface area (Å²) in [5, 5.41) is 13.6. The van der Waals surface area contributed by atoms with Gasteiger partial charge in [0.15, 0.2) is 0 Å². The van der Waals surface area contributed by atoms with E-state index in [1.807, 2.05) is 0 Å². The van der Waals surface area contributed by atoms with Crippen LogP contribution < -0.4 is 10.6 Å². The molecule has 18 heavy (non-hydrogen) atoms. The van der Waals surface area contributed by atoms with Crippen LogP contribution in [0.2, 0.25) is 0 Å². The molecule has 0 saturated heterocycles. The zero-order valence-corrected chi connectivity index (χ0v) is 11.5. The van der Waals surface area contributed by atoms with E-state index >= 15 is 0 Å². The third-order valence-corrected chi connectivity index (χ3v) is 2.12. The average molecular weight is 255 g/mol. The van der Waals surface area contributed by atoms with Crippen LogP contribution in [0, 0.1) is 11.3 Å². The quantitative estimate of drug-likeness (QED) is 0.792. The van der Waals surface area contributed by atoms with E-state index in [1.165, 1.54) is 0 Å². The maximum absolute atomic E-state index is 11.5. The molecule has 2 atom stereocenters. The van der Waals surface area contributed by atoms with Gasteiger partial charge in [0.2, 0.25) is 5.91 Å². The predicted molar refractivity (Wildman–Crippen MR) is 66.7 cm³/mol. The van der Waals surface area contributed by atoms with Gasteiger partial charge in [0.1, 0.15) is 12.0 Å². The molecule has 102 valence electrons. The van der Waals surface area contributed by atoms with E-state index in [0.717, 1.165) is 0 Å². The van der Waals surface area contributed by atoms with Crippen LogP contribution in [0.15, 0.2) is 0 Å². The first kappa shape index (κ1) is 16.2. The largest absolute Gasteiger partial charge is 0.444 e. The summed E-state index contributed by atoms with van der Waals surface area (Å²) in [5.74, 6) is -0.358. The average Bonchev–Trinajstić information content (AvgIpc) is 2.14. The molecule has 0 unspecified atom stereocenters. The van der Waals surface area contributed by atoms with Crippen LogP contribution in [-0.4, -0.2) is 29.7 Å². The highest BCUT2D eigenvalue weighted by Crippen LogP contribution is 2.07. The molecule has 0 aromatic rings. The van der Waals surface area contributed by atoms with Crippen molar-refractivity contribution >= 4 is 12.0 Å². The lowest BCUT2D eigenvalue weighted by Gasteiger charge is -2.25. The van der Waals surface area contributed by atoms with Crippen LogP contribution >= 0.6 is 0 Å². The Morgan fingerprint density at radius 3 is 2.17 bits per heavy atom. The first-order chi connectivity index (χ1) is 8.15. The molecule has 0 aliphatic carbocycles. The van der Waals surface area contributed by atoms with E-state index in [4.69, 9.17) is 10.00 Å². The van der Waals surface area contributed by atoms with Crippen molar-refractivity contribution in [3.8, 4) is 6.07 Å². The maximum Gasteiger partial charge on any atom is 0.407 e. The van der Waals surface area contributed by atoms with Gasteiger partial charge in [0.05, 0.1) is 6.07 Å². The second kappa shape index (κ2) is 6.84. The van der Waals surface area contributed by atoms with Gasteiger partial charge in [-0.15, -0.1) is 0 Å². The summed E-state index contributed by atoms with van der Waals surface area (Å²) in [4.78, 5) is 22.7. The fourth-order valence-electron chi connectivity index (χ4n) is 1.12. The van der Waals surface area contributed by atoms with E-state index in [9.17, 15) is 9.59 Å². The van der Waals surface area contributed by atoms with E-state index in [-0.39, 0.29) is 24.4 Å². The number of amides is 2. The van der Waals surface area contributed by atoms with Crippen molar-refractivity contribution in [3.05, 3.63) is 0 Å². The summed E-state index contributed by atoms with van der Waals surface area (Å²) >= 11 is 0. The molecule has 6 nitrogen and oxygen atoms in total. The number of nitriles is 1. The minimum absolute atomic E-state index is 0.191. The standard InChI is InChI=1S/C12H21N3O3/c1-8(14-10(16)6-7-13)9(2)15-11(17)18-12(3,4)5/h8-9H,6H2,1-5H3,(H,14,16)(H,15,17)/t8-,9-/m0/s1. The summed E-state index contributed by atoms with van der Waals surface area (Å²) in [6.45, 7) is 8.82. The van der Waals surface area contributed by atoms with Crippen LogP contribution in [0.3, 0.4) is 0 Å². The summed E-state index contributed by atoms with van der Waals surface area (Å²) in [5.41, 5.74) is -0.558. The monoisotopic (exact) mass is 255 g/mol. The number of nitrogens with zero attached hydrogens (tertiary/aromatic N) is 1. The lowest BCUT2D eigenvalue weighted by Crippen LogP contribution is -2.49. The number of hydrogen-bond donors (Lipinski definition) is 2. The SMILES string of the molecule is C[C@H](NC(=O)CC#N)[C@H](C)NC(=O)OC(C)(C)C. The van der Waals surface area contributed by atoms with Gasteiger partial charge in [-0.05, 0) is 34.6 Å². The molecule has 0 aromatic carbocycles. The Labute approximate surface area is 108 Å². The summed E-state index contributed by atoms with van der Waals surface area (Å²) in [7, 11) is 0. The molecule has 0 radical (unpaired) electrons. The Kier molecular flexibility index (Phi) is 6.17. The molecular formula is C12H21N3O3. The maximum atomic E-state index is 11.5. The second-order valence-electron chi connectivity index (χ2n) is 5.13. The van der Waals surface area contributed by atoms with Crippen molar-refractivity contribution in [2.24, 2.45) is 0 Å². The first-order valence-corrected chi connectivity index (χ1v) is 5.81. The molecule has 2 amide bonds. The molecule has 0 bridgehead atoms. The Hall–Kier alpha value is -1.77. The fraction of sp³-hybridized carbons (Fsp3) is 0.750. The number of carbonyl (C=O) groups excluding carboxylic acids is 2. The predicted octanol–water partition coefficient (Wildman–Crippen LogP) is 1.32. The summed E-state index contributed by atoms with van der Waals surface area (Å²) in [6, 6.07) is 1.19. The molecule has 0 rings (SSSR count). The number of nitrogens with one attached hydrogen (secondary N) is 2. The van der Waals surface area contributed by atoms with Crippen LogP contribution in [0.25, 0.3) is 0 Å². The Bertz CT molecular complexity index is 341. The van der Waals surface area contributed by atoms with Gasteiger partial charge in [-0.2, -0.15) is 5.26 Å². The van der Waals surface area contributed by atoms with Crippen molar-refractivity contribution in [2.45, 2.75) is 58.7 Å². The zero-order chi connectivity index (χ0) is 14.3. The molecule has 0 saturated carbocycles. The van der Waals surface area contributed by atoms with Gasteiger partial charge in [0.25, 0.3) is 0 Å². The smallest absolute Gasteiger partial charge is 0.407 e. The summed E-state index contributed by atoms with van der Waals surface area (Å²) < 4.78 is 5.10. The van der Waals surface area contributed by atoms with Crippen LogP contribution in [0.5, 0.6) is 0 Å². The Morgan fingerprint density at radius 1 is 1.22 bits per heavy atom. The highest BCUT2D eigenvalue weighted by atomic mass is 16.6. The van der Waals surface area contributed by atoms with Gasteiger partial charge in [-0.3, -0.25) is 4.79 Å². The third kappa shape index (κ3) is 7.49. The van der Waals surface area contributed by atoms with E-state index < -0.39 is 11.7 Å². The van der Waals surface area contributed by atoms with Gasteiger partial charge < -0.3 is 15.4 Å². The fourth-order valence-corrected chi connectivity index (χ4v) is 1.12. The Morgan fingerprint density at radius 2 is 1.72 bits per heavy atom. The van der Waals surface area contributed by atoms with Crippen LogP contribution in [0.1, 0.15) is 41.0 Å². The normalized spacial score (nSPS) is 14.0. The highest BCUT2D eigenvalue weighted by Gasteiger charge is 2.21. The Balaban J connectivity index is 4.16. The summed E-state index contributed by atoms with van der Waals surface area (Å²) in [6.07, 6.45) is -0.722. The first-order valence-electron chi connectivity index (χ1n) is 5.81. The second-order valence-corrected chi connectivity index (χ2v) is 5.13.